The van der Waals surface area contributed by atoms with Crippen LogP contribution in [0.3, 0.4) is 0 Å². The van der Waals surface area contributed by atoms with E-state index in [9.17, 15) is 9.59 Å². The van der Waals surface area contributed by atoms with Gasteiger partial charge in [-0.3, -0.25) is 14.7 Å². The van der Waals surface area contributed by atoms with Crippen LogP contribution in [0.5, 0.6) is 0 Å². The maximum absolute atomic E-state index is 12.6. The predicted molar refractivity (Wildman–Crippen MR) is 86.9 cm³/mol. The number of nitrogens with zero attached hydrogens (tertiary/aromatic N) is 3. The largest absolute Gasteiger partial charge is 0.469 e. The molecule has 4 heterocycles. The lowest BCUT2D eigenvalue weighted by Gasteiger charge is -2.16. The Kier molecular flexibility index (Phi) is 3.48. The van der Waals surface area contributed by atoms with Gasteiger partial charge in [-0.1, -0.05) is 0 Å². The molecule has 3 aromatic heterocycles. The van der Waals surface area contributed by atoms with Crippen LogP contribution in [-0.4, -0.2) is 38.5 Å². The van der Waals surface area contributed by atoms with Crippen molar-refractivity contribution in [3.8, 4) is 0 Å². The Balaban J connectivity index is 1.54. The lowest BCUT2D eigenvalue weighted by Crippen LogP contribution is -2.33. The first-order valence-electron chi connectivity index (χ1n) is 8.00. The molecule has 7 nitrogen and oxygen atoms in total. The number of hydrogen-bond acceptors (Lipinski definition) is 4. The summed E-state index contributed by atoms with van der Waals surface area (Å²) in [7, 11) is 0. The van der Waals surface area contributed by atoms with Crippen LogP contribution >= 0.6 is 0 Å². The number of likely N-dealkylation sites (tertiary alicyclic amines) is 1. The van der Waals surface area contributed by atoms with E-state index < -0.39 is 0 Å². The third kappa shape index (κ3) is 2.42. The highest BCUT2D eigenvalue weighted by atomic mass is 16.3. The van der Waals surface area contributed by atoms with E-state index >= 15 is 0 Å². The Labute approximate surface area is 137 Å². The second-order valence-corrected chi connectivity index (χ2v) is 6.15. The molecule has 7 heteroatoms. The maximum Gasteiger partial charge on any atom is 0.276 e. The minimum absolute atomic E-state index is 0.0439. The maximum atomic E-state index is 12.6. The normalized spacial score (nSPS) is 17.7. The fourth-order valence-electron chi connectivity index (χ4n) is 3.32. The van der Waals surface area contributed by atoms with Crippen LogP contribution in [0.15, 0.2) is 39.9 Å². The lowest BCUT2D eigenvalue weighted by atomic mass is 10.1. The Morgan fingerprint density at radius 1 is 1.46 bits per heavy atom. The molecule has 1 aliphatic rings. The van der Waals surface area contributed by atoms with Gasteiger partial charge in [0.15, 0.2) is 5.65 Å². The first kappa shape index (κ1) is 14.7. The second kappa shape index (κ2) is 5.67. The van der Waals surface area contributed by atoms with Crippen molar-refractivity contribution in [1.82, 2.24) is 19.5 Å². The number of aromatic amines is 1. The summed E-state index contributed by atoms with van der Waals surface area (Å²) in [6.45, 7) is 3.08. The van der Waals surface area contributed by atoms with Crippen LogP contribution in [0.1, 0.15) is 29.4 Å². The van der Waals surface area contributed by atoms with Gasteiger partial charge < -0.3 is 9.32 Å². The van der Waals surface area contributed by atoms with Crippen molar-refractivity contribution in [2.75, 3.05) is 13.1 Å². The van der Waals surface area contributed by atoms with Gasteiger partial charge in [0, 0.05) is 42.5 Å². The molecule has 124 valence electrons. The fraction of sp³-hybridized carbons (Fsp3) is 0.353. The smallest absolute Gasteiger partial charge is 0.276 e. The highest BCUT2D eigenvalue weighted by molar-refractivity contribution is 5.79. The van der Waals surface area contributed by atoms with E-state index in [1.165, 1.54) is 4.52 Å². The van der Waals surface area contributed by atoms with Gasteiger partial charge in [-0.25, -0.2) is 9.50 Å². The van der Waals surface area contributed by atoms with Crippen LogP contribution in [0.4, 0.5) is 0 Å². The molecule has 1 fully saturated rings. The first-order valence-corrected chi connectivity index (χ1v) is 8.00. The van der Waals surface area contributed by atoms with Gasteiger partial charge in [0.1, 0.15) is 5.76 Å². The van der Waals surface area contributed by atoms with E-state index in [1.807, 2.05) is 12.1 Å². The van der Waals surface area contributed by atoms with Crippen LogP contribution < -0.4 is 5.56 Å². The summed E-state index contributed by atoms with van der Waals surface area (Å²) in [5.41, 5.74) is 1.40. The number of aromatic nitrogens is 3. The van der Waals surface area contributed by atoms with E-state index in [-0.39, 0.29) is 23.8 Å². The number of furan rings is 1. The standard InChI is InChI=1S/C17H18N4O3/c1-11-13(17(23)21-15(19-11)4-6-18-21)9-16(22)20-7-5-12(10-20)14-3-2-8-24-14/h2-4,6,8,12,18H,5,7,9-10H2,1H3. The first-order chi connectivity index (χ1) is 11.6. The van der Waals surface area contributed by atoms with Gasteiger partial charge >= 0.3 is 0 Å². The zero-order valence-corrected chi connectivity index (χ0v) is 13.4. The number of aryl methyl sites for hydroxylation is 1. The molecule has 1 atom stereocenters. The Morgan fingerprint density at radius 2 is 2.33 bits per heavy atom. The Hall–Kier alpha value is -2.83. The molecule has 24 heavy (non-hydrogen) atoms. The summed E-state index contributed by atoms with van der Waals surface area (Å²) in [5, 5.41) is 2.83. The zero-order chi connectivity index (χ0) is 16.7. The summed E-state index contributed by atoms with van der Waals surface area (Å²) in [4.78, 5) is 31.3. The minimum Gasteiger partial charge on any atom is -0.469 e. The van der Waals surface area contributed by atoms with Crippen molar-refractivity contribution in [3.05, 3.63) is 58.0 Å². The number of H-pyrrole nitrogens is 1. The SMILES string of the molecule is Cc1nc2cc[nH]n2c(=O)c1CC(=O)N1CCC(c2ccco2)C1. The summed E-state index contributed by atoms with van der Waals surface area (Å²) < 4.78 is 6.80. The molecule has 0 radical (unpaired) electrons. The van der Waals surface area contributed by atoms with E-state index in [0.29, 0.717) is 30.0 Å². The molecule has 0 spiro atoms. The highest BCUT2D eigenvalue weighted by Crippen LogP contribution is 2.27. The second-order valence-electron chi connectivity index (χ2n) is 6.15. The van der Waals surface area contributed by atoms with Gasteiger partial charge in [-0.15, -0.1) is 0 Å². The van der Waals surface area contributed by atoms with E-state index in [2.05, 4.69) is 10.1 Å². The van der Waals surface area contributed by atoms with Crippen LogP contribution in [0, 0.1) is 6.92 Å². The Morgan fingerprint density at radius 3 is 3.12 bits per heavy atom. The molecule has 1 saturated heterocycles. The van der Waals surface area contributed by atoms with Crippen molar-refractivity contribution in [1.29, 1.82) is 0 Å². The molecule has 0 bridgehead atoms. The molecule has 0 aromatic carbocycles. The zero-order valence-electron chi connectivity index (χ0n) is 13.4. The average molecular weight is 326 g/mol. The molecule has 1 unspecified atom stereocenters. The Bertz CT molecular complexity index is 939. The molecule has 1 N–H and O–H groups in total. The number of carbonyl (C=O) groups excluding carboxylic acids is 1. The van der Waals surface area contributed by atoms with Crippen molar-refractivity contribution < 1.29 is 9.21 Å². The highest BCUT2D eigenvalue weighted by Gasteiger charge is 2.29. The number of hydrogen-bond donors (Lipinski definition) is 1. The number of fused-ring (bicyclic) bond motifs is 1. The molecule has 1 aliphatic heterocycles. The summed E-state index contributed by atoms with van der Waals surface area (Å²) in [6.07, 6.45) is 4.26. The van der Waals surface area contributed by atoms with E-state index in [0.717, 1.165) is 12.2 Å². The van der Waals surface area contributed by atoms with Crippen LogP contribution in [0.25, 0.3) is 5.65 Å². The van der Waals surface area contributed by atoms with Crippen molar-refractivity contribution in [3.63, 3.8) is 0 Å². The topological polar surface area (TPSA) is 83.6 Å². The van der Waals surface area contributed by atoms with Crippen molar-refractivity contribution in [2.45, 2.75) is 25.7 Å². The van der Waals surface area contributed by atoms with Gasteiger partial charge in [0.05, 0.1) is 12.7 Å². The van der Waals surface area contributed by atoms with Gasteiger partial charge in [0.2, 0.25) is 5.91 Å². The number of amides is 1. The quantitative estimate of drug-likeness (QED) is 0.790. The molecule has 1 amide bonds. The molecule has 3 aromatic rings. The monoisotopic (exact) mass is 326 g/mol. The van der Waals surface area contributed by atoms with Crippen molar-refractivity contribution >= 4 is 11.6 Å². The number of carbonyl (C=O) groups is 1. The molecule has 0 saturated carbocycles. The van der Waals surface area contributed by atoms with Gasteiger partial charge in [-0.2, -0.15) is 0 Å². The third-order valence-electron chi connectivity index (χ3n) is 4.66. The van der Waals surface area contributed by atoms with Crippen LogP contribution in [0.2, 0.25) is 0 Å². The summed E-state index contributed by atoms with van der Waals surface area (Å²) >= 11 is 0. The number of rotatable bonds is 3. The van der Waals surface area contributed by atoms with Crippen molar-refractivity contribution in [2.24, 2.45) is 0 Å². The predicted octanol–water partition coefficient (Wildman–Crippen LogP) is 1.48. The molecule has 0 aliphatic carbocycles. The summed E-state index contributed by atoms with van der Waals surface area (Å²) in [6, 6.07) is 5.54. The molecular formula is C17H18N4O3. The van der Waals surface area contributed by atoms with Gasteiger partial charge in [-0.05, 0) is 25.5 Å². The van der Waals surface area contributed by atoms with Crippen LogP contribution in [-0.2, 0) is 11.2 Å². The van der Waals surface area contributed by atoms with E-state index in [1.54, 1.807) is 30.4 Å². The van der Waals surface area contributed by atoms with Gasteiger partial charge in [0.25, 0.3) is 5.56 Å². The molecular weight excluding hydrogens is 308 g/mol. The lowest BCUT2D eigenvalue weighted by molar-refractivity contribution is -0.129. The summed E-state index contributed by atoms with van der Waals surface area (Å²) in [5.74, 6) is 1.10. The molecule has 4 rings (SSSR count). The third-order valence-corrected chi connectivity index (χ3v) is 4.66. The van der Waals surface area contributed by atoms with E-state index in [4.69, 9.17) is 4.42 Å². The minimum atomic E-state index is -0.211. The average Bonchev–Trinajstić information content (AvgIpc) is 3.30. The fourth-order valence-corrected chi connectivity index (χ4v) is 3.32. The number of nitrogens with one attached hydrogen (secondary N) is 1.